The number of fused-ring (bicyclic) bond motifs is 1. The summed E-state index contributed by atoms with van der Waals surface area (Å²) < 4.78 is 73.7. The van der Waals surface area contributed by atoms with Crippen LogP contribution in [0.2, 0.25) is 0 Å². The Labute approximate surface area is 133 Å². The van der Waals surface area contributed by atoms with Crippen molar-refractivity contribution in [3.63, 3.8) is 0 Å². The van der Waals surface area contributed by atoms with Crippen LogP contribution in [0.3, 0.4) is 0 Å². The van der Waals surface area contributed by atoms with Crippen molar-refractivity contribution in [3.05, 3.63) is 29.3 Å². The van der Waals surface area contributed by atoms with Crippen molar-refractivity contribution < 1.29 is 15.7 Å². The molecule has 2 bridgehead atoms. The van der Waals surface area contributed by atoms with E-state index in [1.54, 1.807) is 18.2 Å². The molecule has 1 aromatic rings. The normalized spacial score (nSPS) is 51.4. The summed E-state index contributed by atoms with van der Waals surface area (Å²) in [6.45, 7) is -5.75. The molecule has 0 aromatic heterocycles. The van der Waals surface area contributed by atoms with Gasteiger partial charge in [0.15, 0.2) is 0 Å². The second-order valence-corrected chi connectivity index (χ2v) is 6.03. The van der Waals surface area contributed by atoms with Crippen LogP contribution in [-0.2, 0) is 11.8 Å². The van der Waals surface area contributed by atoms with E-state index in [-0.39, 0.29) is 6.42 Å². The van der Waals surface area contributed by atoms with E-state index in [2.05, 4.69) is 0 Å². The quantitative estimate of drug-likeness (QED) is 0.781. The molecule has 0 spiro atoms. The standard InChI is InChI=1S/C18H25NO/c1-19-10-9-18-8-4-3-5-15(18)17(19)11-13-6-7-14(20-2)12-16(13)18/h6-7,12,15,17H,3-5,8-11H2,1-2H3/t15?,17-,18-/m0/s1/i1D3,9D2,10D2,17D. The fourth-order valence-corrected chi connectivity index (χ4v) is 4.20. The van der Waals surface area contributed by atoms with Crippen molar-refractivity contribution in [1.82, 2.24) is 4.90 Å². The average molecular weight is 279 g/mol. The van der Waals surface area contributed by atoms with Gasteiger partial charge in [-0.3, -0.25) is 0 Å². The second kappa shape index (κ2) is 4.49. The molecule has 1 aliphatic heterocycles. The van der Waals surface area contributed by atoms with Crippen molar-refractivity contribution in [2.75, 3.05) is 20.6 Å². The molecule has 1 saturated heterocycles. The van der Waals surface area contributed by atoms with Crippen molar-refractivity contribution in [1.29, 1.82) is 0 Å². The first-order valence-electron chi connectivity index (χ1n) is 11.3. The smallest absolute Gasteiger partial charge is 0.119 e. The van der Waals surface area contributed by atoms with Gasteiger partial charge < -0.3 is 9.64 Å². The molecule has 0 N–H and O–H groups in total. The Bertz CT molecular complexity index is 809. The van der Waals surface area contributed by atoms with Crippen molar-refractivity contribution >= 4 is 0 Å². The van der Waals surface area contributed by atoms with Crippen LogP contribution in [0.15, 0.2) is 18.2 Å². The summed E-state index contributed by atoms with van der Waals surface area (Å²) in [4.78, 5) is 0.550. The van der Waals surface area contributed by atoms with Gasteiger partial charge in [-0.1, -0.05) is 18.9 Å². The van der Waals surface area contributed by atoms with Crippen LogP contribution in [-0.4, -0.2) is 31.5 Å². The lowest BCUT2D eigenvalue weighted by Crippen LogP contribution is -2.59. The largest absolute Gasteiger partial charge is 0.497 e. The predicted molar refractivity (Wildman–Crippen MR) is 81.4 cm³/mol. The minimum Gasteiger partial charge on any atom is -0.497 e. The molecule has 4 rings (SSSR count). The zero-order chi connectivity index (χ0) is 20.8. The van der Waals surface area contributed by atoms with Crippen LogP contribution in [0, 0.1) is 5.92 Å². The number of likely N-dealkylation sites (N-methyl/N-ethyl adjacent to an activating group) is 1. The highest BCUT2D eigenvalue weighted by Crippen LogP contribution is 2.55. The fourth-order valence-electron chi connectivity index (χ4n) is 4.20. The van der Waals surface area contributed by atoms with E-state index < -0.39 is 37.2 Å². The van der Waals surface area contributed by atoms with Gasteiger partial charge in [-0.05, 0) is 68.3 Å². The molecule has 2 heteroatoms. The lowest BCUT2D eigenvalue weighted by atomic mass is 9.52. The third-order valence-corrected chi connectivity index (χ3v) is 5.16. The fraction of sp³-hybridized carbons (Fsp3) is 0.667. The molecule has 1 aromatic carbocycles. The Morgan fingerprint density at radius 3 is 3.30 bits per heavy atom. The van der Waals surface area contributed by atoms with Crippen molar-refractivity contribution in [3.8, 4) is 5.75 Å². The Morgan fingerprint density at radius 2 is 2.45 bits per heavy atom. The molecule has 2 aliphatic carbocycles. The minimum absolute atomic E-state index is 0.0483. The molecular formula is C18H25NO. The van der Waals surface area contributed by atoms with E-state index in [0.29, 0.717) is 41.0 Å². The van der Waals surface area contributed by atoms with E-state index in [9.17, 15) is 1.37 Å². The number of nitrogens with zero attached hydrogens (tertiary/aromatic N) is 1. The van der Waals surface area contributed by atoms with E-state index in [4.69, 9.17) is 14.3 Å². The van der Waals surface area contributed by atoms with E-state index in [1.165, 1.54) is 7.11 Å². The SMILES string of the molecule is [2H]C([2H])([2H])N1C([2H])([2H])C([2H])([2H])[C@@]23CCCCC2[C@]1([2H])Cc1ccc(OC)cc13. The van der Waals surface area contributed by atoms with E-state index in [1.807, 2.05) is 0 Å². The third kappa shape index (κ3) is 1.60. The van der Waals surface area contributed by atoms with Crippen LogP contribution in [0.1, 0.15) is 54.1 Å². The maximum atomic E-state index is 9.27. The molecular weight excluding hydrogens is 246 g/mol. The van der Waals surface area contributed by atoms with Crippen LogP contribution in [0.4, 0.5) is 0 Å². The van der Waals surface area contributed by atoms with E-state index in [0.717, 1.165) is 6.42 Å². The lowest BCUT2D eigenvalue weighted by molar-refractivity contribution is 0.00274. The molecule has 1 saturated carbocycles. The van der Waals surface area contributed by atoms with Crippen LogP contribution in [0.5, 0.6) is 5.75 Å². The second-order valence-electron chi connectivity index (χ2n) is 6.03. The highest BCUT2D eigenvalue weighted by Gasteiger charge is 2.53. The summed E-state index contributed by atoms with van der Waals surface area (Å²) in [5.74, 6) is -0.0582. The predicted octanol–water partition coefficient (Wildman–Crippen LogP) is 3.38. The number of ether oxygens (including phenoxy) is 1. The number of methoxy groups -OCH3 is 1. The van der Waals surface area contributed by atoms with Gasteiger partial charge in [0.05, 0.1) is 7.11 Å². The highest BCUT2D eigenvalue weighted by atomic mass is 16.5. The molecule has 1 unspecified atom stereocenters. The van der Waals surface area contributed by atoms with Crippen molar-refractivity contribution in [2.45, 2.75) is 49.9 Å². The molecule has 0 amide bonds. The Morgan fingerprint density at radius 1 is 1.50 bits per heavy atom. The summed E-state index contributed by atoms with van der Waals surface area (Å²) in [7, 11) is 1.53. The summed E-state index contributed by atoms with van der Waals surface area (Å²) in [5, 5.41) is 0. The summed E-state index contributed by atoms with van der Waals surface area (Å²) in [6, 6.07) is 3.54. The summed E-state index contributed by atoms with van der Waals surface area (Å²) in [5.41, 5.74) is 0.126. The molecule has 2 fully saturated rings. The van der Waals surface area contributed by atoms with Crippen LogP contribution >= 0.6 is 0 Å². The third-order valence-electron chi connectivity index (χ3n) is 5.16. The number of likely N-dealkylation sites (tertiary alicyclic amines) is 1. The Kier molecular flexibility index (Phi) is 1.53. The number of hydrogen-bond acceptors (Lipinski definition) is 2. The van der Waals surface area contributed by atoms with Gasteiger partial charge >= 0.3 is 0 Å². The first-order valence-corrected chi connectivity index (χ1v) is 7.32. The van der Waals surface area contributed by atoms with Gasteiger partial charge in [0.25, 0.3) is 0 Å². The summed E-state index contributed by atoms with van der Waals surface area (Å²) >= 11 is 0. The summed E-state index contributed by atoms with van der Waals surface area (Å²) in [6.07, 6.45) is -0.0622. The number of piperidine rings is 1. The first kappa shape index (κ1) is 6.83. The topological polar surface area (TPSA) is 12.5 Å². The molecule has 108 valence electrons. The highest BCUT2D eigenvalue weighted by molar-refractivity contribution is 5.45. The monoisotopic (exact) mass is 279 g/mol. The zero-order valence-electron chi connectivity index (χ0n) is 19.7. The van der Waals surface area contributed by atoms with Gasteiger partial charge in [0.1, 0.15) is 5.75 Å². The zero-order valence-corrected chi connectivity index (χ0v) is 11.7. The van der Waals surface area contributed by atoms with E-state index >= 15 is 0 Å². The number of rotatable bonds is 1. The first-order chi connectivity index (χ1) is 12.8. The molecule has 3 atom stereocenters. The molecule has 20 heavy (non-hydrogen) atoms. The number of hydrogen-bond donors (Lipinski definition) is 0. The minimum atomic E-state index is -2.92. The van der Waals surface area contributed by atoms with Gasteiger partial charge in [0.2, 0.25) is 0 Å². The molecule has 2 nitrogen and oxygen atoms in total. The number of benzene rings is 1. The maximum absolute atomic E-state index is 9.27. The van der Waals surface area contributed by atoms with Gasteiger partial charge in [-0.25, -0.2) is 0 Å². The van der Waals surface area contributed by atoms with Gasteiger partial charge in [-0.15, -0.1) is 0 Å². The average Bonchev–Trinajstić information content (AvgIpc) is 2.59. The van der Waals surface area contributed by atoms with Crippen LogP contribution in [0.25, 0.3) is 0 Å². The Hall–Kier alpha value is -1.02. The van der Waals surface area contributed by atoms with Crippen molar-refractivity contribution in [2.24, 2.45) is 5.92 Å². The van der Waals surface area contributed by atoms with Gasteiger partial charge in [-0.2, -0.15) is 0 Å². The molecule has 3 aliphatic rings. The Balaban J connectivity index is 2.09. The lowest BCUT2D eigenvalue weighted by Gasteiger charge is -2.58. The molecule has 0 radical (unpaired) electrons. The van der Waals surface area contributed by atoms with Crippen LogP contribution < -0.4 is 4.74 Å². The maximum Gasteiger partial charge on any atom is 0.119 e. The van der Waals surface area contributed by atoms with Gasteiger partial charge in [0, 0.05) is 22.4 Å². The molecule has 1 heterocycles.